The number of hydrogen-bond acceptors (Lipinski definition) is 4. The van der Waals surface area contributed by atoms with Gasteiger partial charge in [0.25, 0.3) is 0 Å². The molecule has 2 aromatic rings. The van der Waals surface area contributed by atoms with Gasteiger partial charge in [0.05, 0.1) is 17.4 Å². The maximum atomic E-state index is 12.7. The second-order valence-corrected chi connectivity index (χ2v) is 6.83. The lowest BCUT2D eigenvalue weighted by molar-refractivity contribution is -0.137. The number of pyridine rings is 1. The van der Waals surface area contributed by atoms with Gasteiger partial charge in [-0.25, -0.2) is 0 Å². The Morgan fingerprint density at radius 2 is 1.78 bits per heavy atom. The van der Waals surface area contributed by atoms with Crippen molar-refractivity contribution in [2.24, 2.45) is 0 Å². The Balaban J connectivity index is 1.90. The lowest BCUT2D eigenvalue weighted by Crippen LogP contribution is -2.51. The van der Waals surface area contributed by atoms with Gasteiger partial charge in [-0.05, 0) is 49.2 Å². The number of aromatic nitrogens is 1. The molecule has 0 bridgehead atoms. The Hall–Kier alpha value is -2.45. The number of carbonyl (C=O) groups excluding carboxylic acids is 1. The molecule has 1 aliphatic heterocycles. The van der Waals surface area contributed by atoms with Gasteiger partial charge >= 0.3 is 6.18 Å². The zero-order chi connectivity index (χ0) is 19.8. The van der Waals surface area contributed by atoms with Crippen LogP contribution < -0.4 is 10.6 Å². The largest absolute Gasteiger partial charge is 0.416 e. The van der Waals surface area contributed by atoms with E-state index in [4.69, 9.17) is 0 Å². The number of amides is 1. The normalized spacial score (nSPS) is 22.8. The molecule has 27 heavy (non-hydrogen) atoms. The highest BCUT2D eigenvalue weighted by molar-refractivity contribution is 5.78. The maximum Gasteiger partial charge on any atom is 0.416 e. The topological polar surface area (TPSA) is 74.2 Å². The van der Waals surface area contributed by atoms with Crippen molar-refractivity contribution >= 4 is 5.91 Å². The van der Waals surface area contributed by atoms with Crippen LogP contribution in [-0.2, 0) is 16.6 Å². The summed E-state index contributed by atoms with van der Waals surface area (Å²) >= 11 is 0. The van der Waals surface area contributed by atoms with Crippen LogP contribution in [0.5, 0.6) is 0 Å². The summed E-state index contributed by atoms with van der Waals surface area (Å²) in [6, 6.07) is 7.52. The molecular weight excluding hydrogens is 359 g/mol. The number of benzene rings is 1. The van der Waals surface area contributed by atoms with Crippen molar-refractivity contribution < 1.29 is 23.1 Å². The van der Waals surface area contributed by atoms with Crippen molar-refractivity contribution in [3.05, 3.63) is 65.0 Å². The summed E-state index contributed by atoms with van der Waals surface area (Å²) in [6.07, 6.45) is -2.87. The molecule has 1 aliphatic rings. The molecule has 3 unspecified atom stereocenters. The molecule has 1 aromatic carbocycles. The summed E-state index contributed by atoms with van der Waals surface area (Å²) in [7, 11) is 0. The summed E-state index contributed by atoms with van der Waals surface area (Å²) in [5, 5.41) is 16.9. The van der Waals surface area contributed by atoms with E-state index in [-0.39, 0.29) is 24.5 Å². The summed E-state index contributed by atoms with van der Waals surface area (Å²) in [5.41, 5.74) is -1.00. The third kappa shape index (κ3) is 4.12. The fourth-order valence-electron chi connectivity index (χ4n) is 3.16. The minimum absolute atomic E-state index is 0.0842. The molecule has 0 aliphatic carbocycles. The Morgan fingerprint density at radius 1 is 1.15 bits per heavy atom. The van der Waals surface area contributed by atoms with E-state index in [1.165, 1.54) is 25.3 Å². The number of nitrogens with zero attached hydrogens (tertiary/aromatic N) is 1. The van der Waals surface area contributed by atoms with Crippen LogP contribution in [0.15, 0.2) is 42.6 Å². The fourth-order valence-corrected chi connectivity index (χ4v) is 3.16. The number of hydrogen-bond donors (Lipinski definition) is 3. The number of aliphatic hydroxyl groups is 1. The highest BCUT2D eigenvalue weighted by Crippen LogP contribution is 2.33. The second kappa shape index (κ2) is 6.94. The number of alkyl halides is 3. The van der Waals surface area contributed by atoms with Gasteiger partial charge in [0.2, 0.25) is 5.91 Å². The van der Waals surface area contributed by atoms with Crippen molar-refractivity contribution in [2.45, 2.75) is 44.3 Å². The maximum absolute atomic E-state index is 12.7. The molecule has 1 fully saturated rings. The molecule has 2 heterocycles. The van der Waals surface area contributed by atoms with Crippen LogP contribution in [0.3, 0.4) is 0 Å². The molecule has 3 N–H and O–H groups in total. The summed E-state index contributed by atoms with van der Waals surface area (Å²) in [6.45, 7) is 3.30. The molecule has 3 rings (SSSR count). The van der Waals surface area contributed by atoms with Gasteiger partial charge in [-0.2, -0.15) is 13.2 Å². The highest BCUT2D eigenvalue weighted by atomic mass is 19.4. The van der Waals surface area contributed by atoms with E-state index in [9.17, 15) is 23.1 Å². The average Bonchev–Trinajstić information content (AvgIpc) is 2.60. The zero-order valence-corrected chi connectivity index (χ0v) is 14.8. The monoisotopic (exact) mass is 379 g/mol. The van der Waals surface area contributed by atoms with Crippen molar-refractivity contribution in [2.75, 3.05) is 0 Å². The van der Waals surface area contributed by atoms with Gasteiger partial charge in [0.15, 0.2) is 0 Å². The van der Waals surface area contributed by atoms with Crippen LogP contribution in [0.4, 0.5) is 13.2 Å². The average molecular weight is 379 g/mol. The molecule has 0 spiro atoms. The van der Waals surface area contributed by atoms with Gasteiger partial charge in [-0.3, -0.25) is 15.1 Å². The predicted octanol–water partition coefficient (Wildman–Crippen LogP) is 2.85. The third-order valence-corrected chi connectivity index (χ3v) is 4.68. The highest BCUT2D eigenvalue weighted by Gasteiger charge is 2.33. The minimum Gasteiger partial charge on any atom is -0.379 e. The van der Waals surface area contributed by atoms with Crippen molar-refractivity contribution in [3.63, 3.8) is 0 Å². The molecule has 8 heteroatoms. The van der Waals surface area contributed by atoms with Crippen molar-refractivity contribution in [3.8, 4) is 0 Å². The molecule has 1 aromatic heterocycles. The van der Waals surface area contributed by atoms with E-state index < -0.39 is 17.3 Å². The van der Waals surface area contributed by atoms with E-state index >= 15 is 0 Å². The van der Waals surface area contributed by atoms with E-state index in [0.29, 0.717) is 11.3 Å². The van der Waals surface area contributed by atoms with E-state index in [2.05, 4.69) is 15.6 Å². The number of nitrogens with one attached hydrogen (secondary N) is 2. The third-order valence-electron chi connectivity index (χ3n) is 4.68. The summed E-state index contributed by atoms with van der Waals surface area (Å²) < 4.78 is 38.2. The van der Waals surface area contributed by atoms with Gasteiger partial charge in [-0.1, -0.05) is 12.1 Å². The molecule has 144 valence electrons. The molecular formula is C19H20F3N3O2. The van der Waals surface area contributed by atoms with Crippen LogP contribution in [0.1, 0.15) is 48.7 Å². The quantitative estimate of drug-likeness (QED) is 0.767. The number of carbonyl (C=O) groups is 1. The Kier molecular flexibility index (Phi) is 4.96. The van der Waals surface area contributed by atoms with Gasteiger partial charge in [0, 0.05) is 18.7 Å². The number of halogens is 3. The minimum atomic E-state index is -4.44. The Labute approximate surface area is 154 Å². The van der Waals surface area contributed by atoms with Crippen LogP contribution in [0.25, 0.3) is 0 Å². The first-order valence-electron chi connectivity index (χ1n) is 8.49. The molecule has 5 nitrogen and oxygen atoms in total. The molecule has 1 saturated heterocycles. The first-order chi connectivity index (χ1) is 12.6. The number of rotatable bonds is 3. The lowest BCUT2D eigenvalue weighted by atomic mass is 9.89. The second-order valence-electron chi connectivity index (χ2n) is 6.83. The molecule has 0 saturated carbocycles. The predicted molar refractivity (Wildman–Crippen MR) is 92.5 cm³/mol. The zero-order valence-electron chi connectivity index (χ0n) is 14.8. The van der Waals surface area contributed by atoms with E-state index in [1.807, 2.05) is 6.92 Å². The van der Waals surface area contributed by atoms with Crippen LogP contribution in [-0.4, -0.2) is 22.2 Å². The lowest BCUT2D eigenvalue weighted by Gasteiger charge is -2.30. The van der Waals surface area contributed by atoms with E-state index in [0.717, 1.165) is 17.7 Å². The van der Waals surface area contributed by atoms with E-state index in [1.54, 1.807) is 12.1 Å². The van der Waals surface area contributed by atoms with Crippen LogP contribution >= 0.6 is 0 Å². The Bertz CT molecular complexity index is 835. The van der Waals surface area contributed by atoms with Crippen molar-refractivity contribution in [1.82, 2.24) is 15.6 Å². The summed E-state index contributed by atoms with van der Waals surface area (Å²) in [4.78, 5) is 16.0. The Morgan fingerprint density at radius 3 is 2.37 bits per heavy atom. The van der Waals surface area contributed by atoms with Gasteiger partial charge in [-0.15, -0.1) is 0 Å². The first kappa shape index (κ1) is 19.3. The summed E-state index contributed by atoms with van der Waals surface area (Å²) in [5.74, 6) is -0.0842. The van der Waals surface area contributed by atoms with Gasteiger partial charge < -0.3 is 10.4 Å². The fraction of sp³-hybridized carbons (Fsp3) is 0.368. The standard InChI is InChI=1S/C19H20F3N3O2/c1-11-24-15(10-17(26)25-11)12-7-8-23-16(9-12)18(2,27)13-3-5-14(6-4-13)19(20,21)22/h3-9,11,15,24,27H,10H2,1-2H3,(H,25,26). The smallest absolute Gasteiger partial charge is 0.379 e. The van der Waals surface area contributed by atoms with Crippen LogP contribution in [0.2, 0.25) is 0 Å². The first-order valence-corrected chi connectivity index (χ1v) is 8.49. The van der Waals surface area contributed by atoms with Crippen LogP contribution in [0, 0.1) is 0 Å². The SMILES string of the molecule is CC1NC(=O)CC(c2ccnc(C(C)(O)c3ccc(C(F)(F)F)cc3)c2)N1. The van der Waals surface area contributed by atoms with Gasteiger partial charge in [0.1, 0.15) is 5.60 Å². The molecule has 0 radical (unpaired) electrons. The molecule has 3 atom stereocenters. The molecule has 1 amide bonds. The van der Waals surface area contributed by atoms with Crippen molar-refractivity contribution in [1.29, 1.82) is 0 Å².